The van der Waals surface area contributed by atoms with E-state index in [2.05, 4.69) is 10.3 Å². The van der Waals surface area contributed by atoms with Gasteiger partial charge in [-0.25, -0.2) is 9.78 Å². The SMILES string of the molecule is O=C(O)/C(=C\Nc1ccc2ccccc2n1)c1ccccc1. The Kier molecular flexibility index (Phi) is 3.83. The van der Waals surface area contributed by atoms with Crippen molar-refractivity contribution in [3.8, 4) is 0 Å². The van der Waals surface area contributed by atoms with E-state index in [9.17, 15) is 9.90 Å². The van der Waals surface area contributed by atoms with E-state index < -0.39 is 5.97 Å². The van der Waals surface area contributed by atoms with Gasteiger partial charge in [-0.3, -0.25) is 0 Å². The van der Waals surface area contributed by atoms with Crippen LogP contribution in [0.5, 0.6) is 0 Å². The molecule has 0 spiro atoms. The van der Waals surface area contributed by atoms with Gasteiger partial charge in [0.25, 0.3) is 0 Å². The van der Waals surface area contributed by atoms with E-state index in [1.54, 1.807) is 24.3 Å². The standard InChI is InChI=1S/C18H14N2O2/c21-18(22)15(13-6-2-1-3-7-13)12-19-17-11-10-14-8-4-5-9-16(14)20-17/h1-12H,(H,19,20)(H,21,22)/b15-12-. The number of nitrogens with one attached hydrogen (secondary N) is 1. The van der Waals surface area contributed by atoms with Crippen molar-refractivity contribution < 1.29 is 9.90 Å². The molecule has 0 unspecified atom stereocenters. The van der Waals surface area contributed by atoms with E-state index in [0.29, 0.717) is 11.4 Å². The monoisotopic (exact) mass is 290 g/mol. The number of para-hydroxylation sites is 1. The minimum Gasteiger partial charge on any atom is -0.478 e. The number of anilines is 1. The zero-order valence-corrected chi connectivity index (χ0v) is 11.7. The van der Waals surface area contributed by atoms with Crippen LogP contribution in [-0.2, 0) is 4.79 Å². The molecule has 22 heavy (non-hydrogen) atoms. The van der Waals surface area contributed by atoms with Gasteiger partial charge in [-0.15, -0.1) is 0 Å². The van der Waals surface area contributed by atoms with Crippen molar-refractivity contribution in [2.45, 2.75) is 0 Å². The fraction of sp³-hybridized carbons (Fsp3) is 0. The van der Waals surface area contributed by atoms with Gasteiger partial charge in [0, 0.05) is 11.6 Å². The maximum atomic E-state index is 11.4. The van der Waals surface area contributed by atoms with E-state index in [0.717, 1.165) is 10.9 Å². The van der Waals surface area contributed by atoms with E-state index in [1.165, 1.54) is 6.20 Å². The second kappa shape index (κ2) is 6.10. The number of hydrogen-bond acceptors (Lipinski definition) is 3. The van der Waals surface area contributed by atoms with E-state index in [1.807, 2.05) is 42.5 Å². The number of carboxylic acid groups (broad SMARTS) is 1. The molecule has 0 atom stereocenters. The predicted octanol–water partition coefficient (Wildman–Crippen LogP) is 3.77. The average Bonchev–Trinajstić information content (AvgIpc) is 2.55. The fourth-order valence-corrected chi connectivity index (χ4v) is 2.18. The lowest BCUT2D eigenvalue weighted by atomic mass is 10.1. The van der Waals surface area contributed by atoms with Gasteiger partial charge in [0.2, 0.25) is 0 Å². The number of aromatic nitrogens is 1. The molecule has 2 N–H and O–H groups in total. The normalized spacial score (nSPS) is 11.4. The number of benzene rings is 2. The summed E-state index contributed by atoms with van der Waals surface area (Å²) >= 11 is 0. The van der Waals surface area contributed by atoms with Crippen molar-refractivity contribution >= 4 is 28.3 Å². The Morgan fingerprint density at radius 2 is 1.68 bits per heavy atom. The molecule has 4 nitrogen and oxygen atoms in total. The summed E-state index contributed by atoms with van der Waals surface area (Å²) in [7, 11) is 0. The van der Waals surface area contributed by atoms with E-state index in [4.69, 9.17) is 0 Å². The summed E-state index contributed by atoms with van der Waals surface area (Å²) in [5, 5.41) is 13.4. The van der Waals surface area contributed by atoms with Crippen LogP contribution >= 0.6 is 0 Å². The third-order valence-electron chi connectivity index (χ3n) is 3.28. The van der Waals surface area contributed by atoms with Crippen LogP contribution in [0.15, 0.2) is 72.9 Å². The molecule has 3 rings (SSSR count). The summed E-state index contributed by atoms with van der Waals surface area (Å²) in [5.74, 6) is -0.382. The van der Waals surface area contributed by atoms with E-state index >= 15 is 0 Å². The highest BCUT2D eigenvalue weighted by molar-refractivity contribution is 6.15. The number of carboxylic acids is 1. The van der Waals surface area contributed by atoms with Crippen molar-refractivity contribution in [2.75, 3.05) is 5.32 Å². The van der Waals surface area contributed by atoms with Gasteiger partial charge in [-0.2, -0.15) is 0 Å². The van der Waals surface area contributed by atoms with Crippen LogP contribution in [-0.4, -0.2) is 16.1 Å². The number of aliphatic carboxylic acids is 1. The highest BCUT2D eigenvalue weighted by Crippen LogP contribution is 2.17. The molecule has 0 bridgehead atoms. The molecule has 1 heterocycles. The van der Waals surface area contributed by atoms with Crippen LogP contribution in [0.4, 0.5) is 5.82 Å². The molecule has 0 amide bonds. The topological polar surface area (TPSA) is 62.2 Å². The molecule has 0 aliphatic heterocycles. The third kappa shape index (κ3) is 2.96. The number of carbonyl (C=O) groups is 1. The van der Waals surface area contributed by atoms with Crippen molar-refractivity contribution in [3.63, 3.8) is 0 Å². The first-order chi connectivity index (χ1) is 10.7. The molecule has 2 aromatic carbocycles. The smallest absolute Gasteiger partial charge is 0.337 e. The summed E-state index contributed by atoms with van der Waals surface area (Å²) < 4.78 is 0. The van der Waals surface area contributed by atoms with Gasteiger partial charge < -0.3 is 10.4 Å². The lowest BCUT2D eigenvalue weighted by Gasteiger charge is -2.05. The second-order valence-electron chi connectivity index (χ2n) is 4.76. The number of pyridine rings is 1. The van der Waals surface area contributed by atoms with Crippen molar-refractivity contribution in [3.05, 3.63) is 78.5 Å². The average molecular weight is 290 g/mol. The highest BCUT2D eigenvalue weighted by atomic mass is 16.4. The lowest BCUT2D eigenvalue weighted by Crippen LogP contribution is -2.03. The molecule has 0 aliphatic rings. The molecule has 0 fully saturated rings. The van der Waals surface area contributed by atoms with Gasteiger partial charge in [0.05, 0.1) is 11.1 Å². The molecule has 1 aromatic heterocycles. The molecule has 3 aromatic rings. The fourth-order valence-electron chi connectivity index (χ4n) is 2.18. The molecular formula is C18H14N2O2. The number of rotatable bonds is 4. The van der Waals surface area contributed by atoms with Gasteiger partial charge >= 0.3 is 5.97 Å². The molecule has 0 saturated carbocycles. The number of fused-ring (bicyclic) bond motifs is 1. The van der Waals surface area contributed by atoms with E-state index in [-0.39, 0.29) is 5.57 Å². The minimum absolute atomic E-state index is 0.190. The first-order valence-electron chi connectivity index (χ1n) is 6.85. The van der Waals surface area contributed by atoms with Crippen molar-refractivity contribution in [1.29, 1.82) is 0 Å². The Balaban J connectivity index is 1.91. The summed E-state index contributed by atoms with van der Waals surface area (Å²) in [6.45, 7) is 0. The number of nitrogens with zero attached hydrogens (tertiary/aromatic N) is 1. The molecule has 0 aliphatic carbocycles. The second-order valence-corrected chi connectivity index (χ2v) is 4.76. The zero-order valence-electron chi connectivity index (χ0n) is 11.7. The summed E-state index contributed by atoms with van der Waals surface area (Å²) in [6.07, 6.45) is 1.47. The first kappa shape index (κ1) is 13.8. The maximum Gasteiger partial charge on any atom is 0.337 e. The molecular weight excluding hydrogens is 276 g/mol. The molecule has 4 heteroatoms. The Morgan fingerprint density at radius 1 is 0.955 bits per heavy atom. The summed E-state index contributed by atoms with van der Waals surface area (Å²) in [5.41, 5.74) is 1.69. The summed E-state index contributed by atoms with van der Waals surface area (Å²) in [4.78, 5) is 15.9. The molecule has 0 saturated heterocycles. The van der Waals surface area contributed by atoms with Crippen LogP contribution in [0.1, 0.15) is 5.56 Å². The minimum atomic E-state index is -0.987. The lowest BCUT2D eigenvalue weighted by molar-refractivity contribution is -0.130. The van der Waals surface area contributed by atoms with Crippen molar-refractivity contribution in [2.24, 2.45) is 0 Å². The molecule has 108 valence electrons. The van der Waals surface area contributed by atoms with Gasteiger partial charge in [0.15, 0.2) is 0 Å². The van der Waals surface area contributed by atoms with Crippen LogP contribution in [0.2, 0.25) is 0 Å². The van der Waals surface area contributed by atoms with Gasteiger partial charge in [-0.05, 0) is 23.8 Å². The van der Waals surface area contributed by atoms with Crippen molar-refractivity contribution in [1.82, 2.24) is 4.98 Å². The largest absolute Gasteiger partial charge is 0.478 e. The first-order valence-corrected chi connectivity index (χ1v) is 6.85. The van der Waals surface area contributed by atoms with Crippen LogP contribution in [0, 0.1) is 0 Å². The summed E-state index contributed by atoms with van der Waals surface area (Å²) in [6, 6.07) is 20.5. The van der Waals surface area contributed by atoms with Crippen LogP contribution < -0.4 is 5.32 Å². The highest BCUT2D eigenvalue weighted by Gasteiger charge is 2.09. The Labute approximate surface area is 127 Å². The zero-order chi connectivity index (χ0) is 15.4. The Morgan fingerprint density at radius 3 is 2.45 bits per heavy atom. The Bertz CT molecular complexity index is 842. The third-order valence-corrected chi connectivity index (χ3v) is 3.28. The Hall–Kier alpha value is -3.14. The molecule has 0 radical (unpaired) electrons. The van der Waals surface area contributed by atoms with Gasteiger partial charge in [0.1, 0.15) is 5.82 Å². The van der Waals surface area contributed by atoms with Crippen LogP contribution in [0.25, 0.3) is 16.5 Å². The van der Waals surface area contributed by atoms with Gasteiger partial charge in [-0.1, -0.05) is 48.5 Å². The maximum absolute atomic E-state index is 11.4. The number of hydrogen-bond donors (Lipinski definition) is 2. The predicted molar refractivity (Wildman–Crippen MR) is 87.4 cm³/mol. The quantitative estimate of drug-likeness (QED) is 0.718. The van der Waals surface area contributed by atoms with Crippen LogP contribution in [0.3, 0.4) is 0 Å².